The molecule has 2 aliphatic heterocycles. The van der Waals surface area contributed by atoms with E-state index in [1.807, 2.05) is 0 Å². The average molecular weight is 440 g/mol. The summed E-state index contributed by atoms with van der Waals surface area (Å²) in [5, 5.41) is 62.8. The summed E-state index contributed by atoms with van der Waals surface area (Å²) >= 11 is 0. The van der Waals surface area contributed by atoms with Crippen molar-refractivity contribution in [2.24, 2.45) is 5.73 Å². The Morgan fingerprint density at radius 2 is 1.57 bits per heavy atom. The van der Waals surface area contributed by atoms with E-state index in [0.717, 1.165) is 0 Å². The first-order valence-corrected chi connectivity index (χ1v) is 9.74. The maximum absolute atomic E-state index is 11.5. The van der Waals surface area contributed by atoms with Crippen molar-refractivity contribution in [1.29, 1.82) is 0 Å². The zero-order valence-electron chi connectivity index (χ0n) is 16.6. The molecule has 2 fully saturated rings. The fourth-order valence-corrected chi connectivity index (χ4v) is 3.38. The number of rotatable bonds is 9. The maximum Gasteiger partial charge on any atom is 0.217 e. The van der Waals surface area contributed by atoms with Crippen molar-refractivity contribution in [1.82, 2.24) is 5.32 Å². The third-order valence-corrected chi connectivity index (χ3v) is 4.99. The highest BCUT2D eigenvalue weighted by atomic mass is 16.7. The average Bonchev–Trinajstić information content (AvgIpc) is 2.71. The van der Waals surface area contributed by atoms with Crippen molar-refractivity contribution >= 4 is 5.91 Å². The van der Waals surface area contributed by atoms with Gasteiger partial charge in [0.2, 0.25) is 5.91 Å². The van der Waals surface area contributed by atoms with Crippen molar-refractivity contribution in [2.45, 2.75) is 74.7 Å². The Kier molecular flexibility index (Phi) is 9.77. The number of amides is 1. The molecule has 176 valence electrons. The first-order chi connectivity index (χ1) is 14.2. The number of nitrogens with two attached hydrogens (primary N) is 1. The summed E-state index contributed by atoms with van der Waals surface area (Å²) in [5.41, 5.74) is 5.41. The van der Waals surface area contributed by atoms with Crippen LogP contribution < -0.4 is 11.1 Å². The Morgan fingerprint density at radius 1 is 0.967 bits per heavy atom. The third-order valence-electron chi connectivity index (χ3n) is 4.99. The number of ether oxygens (including phenoxy) is 4. The first kappa shape index (κ1) is 25.3. The van der Waals surface area contributed by atoms with E-state index in [9.17, 15) is 35.4 Å². The molecular weight excluding hydrogens is 408 g/mol. The normalized spacial score (nSPS) is 42.1. The van der Waals surface area contributed by atoms with E-state index in [2.05, 4.69) is 5.32 Å². The van der Waals surface area contributed by atoms with Crippen molar-refractivity contribution in [2.75, 3.05) is 26.4 Å². The minimum Gasteiger partial charge on any atom is -0.394 e. The molecule has 0 aromatic carbocycles. The van der Waals surface area contributed by atoms with E-state index >= 15 is 0 Å². The van der Waals surface area contributed by atoms with Crippen LogP contribution in [0.5, 0.6) is 0 Å². The first-order valence-electron chi connectivity index (χ1n) is 9.74. The van der Waals surface area contributed by atoms with E-state index in [0.29, 0.717) is 13.0 Å². The summed E-state index contributed by atoms with van der Waals surface area (Å²) in [7, 11) is 0. The van der Waals surface area contributed by atoms with Gasteiger partial charge in [-0.05, 0) is 13.0 Å². The summed E-state index contributed by atoms with van der Waals surface area (Å²) in [6.07, 6.45) is -12.2. The highest BCUT2D eigenvalue weighted by molar-refractivity contribution is 5.73. The lowest BCUT2D eigenvalue weighted by Gasteiger charge is -2.47. The van der Waals surface area contributed by atoms with Gasteiger partial charge in [0.1, 0.15) is 48.8 Å². The molecule has 0 bridgehead atoms. The van der Waals surface area contributed by atoms with Gasteiger partial charge in [-0.25, -0.2) is 0 Å². The molecule has 13 nitrogen and oxygen atoms in total. The number of hydrogen-bond donors (Lipinski definition) is 8. The molecule has 0 aliphatic carbocycles. The van der Waals surface area contributed by atoms with Gasteiger partial charge in [-0.1, -0.05) is 0 Å². The van der Waals surface area contributed by atoms with Crippen LogP contribution in [0.3, 0.4) is 0 Å². The summed E-state index contributed by atoms with van der Waals surface area (Å²) in [6, 6.07) is -1.27. The molecule has 30 heavy (non-hydrogen) atoms. The molecule has 0 spiro atoms. The second kappa shape index (κ2) is 11.6. The Morgan fingerprint density at radius 3 is 2.13 bits per heavy atom. The Hall–Kier alpha value is -0.970. The smallest absolute Gasteiger partial charge is 0.217 e. The van der Waals surface area contributed by atoms with E-state index < -0.39 is 80.5 Å². The lowest BCUT2D eigenvalue weighted by molar-refractivity contribution is -0.347. The van der Waals surface area contributed by atoms with Gasteiger partial charge in [0.25, 0.3) is 0 Å². The molecule has 9 N–H and O–H groups in total. The van der Waals surface area contributed by atoms with Gasteiger partial charge in [-0.3, -0.25) is 4.79 Å². The molecule has 0 aromatic rings. The SMILES string of the molecule is CC(=O)N[C@@H]1C(OC2C(O)[C@H](OCCCN)OC(CO)[C@@H]2O)OC(CO)[C@H](O)C1O. The van der Waals surface area contributed by atoms with Gasteiger partial charge in [-0.2, -0.15) is 0 Å². The van der Waals surface area contributed by atoms with Gasteiger partial charge >= 0.3 is 0 Å². The predicted octanol–water partition coefficient (Wildman–Crippen LogP) is -4.88. The maximum atomic E-state index is 11.5. The zero-order valence-corrected chi connectivity index (χ0v) is 16.6. The third kappa shape index (κ3) is 5.83. The van der Waals surface area contributed by atoms with Gasteiger partial charge in [0.05, 0.1) is 19.8 Å². The van der Waals surface area contributed by atoms with E-state index in [1.54, 1.807) is 0 Å². The van der Waals surface area contributed by atoms with Crippen LogP contribution in [-0.2, 0) is 23.7 Å². The standard InChI is InChI=1S/C17H32N2O11/c1-7(22)19-10-13(25)11(23)8(5-20)28-16(10)30-15-12(24)9(6-21)29-17(14(15)26)27-4-2-3-18/h8-17,20-21,23-26H,2-6,18H2,1H3,(H,19,22)/t8?,9?,10-,11-,12-,13?,14?,15?,16?,17+/m0/s1. The molecule has 13 heteroatoms. The van der Waals surface area contributed by atoms with Crippen molar-refractivity contribution < 1.29 is 54.4 Å². The van der Waals surface area contributed by atoms with Crippen LogP contribution in [0.15, 0.2) is 0 Å². The lowest BCUT2D eigenvalue weighted by Crippen LogP contribution is -2.67. The van der Waals surface area contributed by atoms with Crippen molar-refractivity contribution in [3.63, 3.8) is 0 Å². The van der Waals surface area contributed by atoms with Crippen LogP contribution in [0, 0.1) is 0 Å². The molecule has 2 heterocycles. The van der Waals surface area contributed by atoms with E-state index in [-0.39, 0.29) is 6.61 Å². The van der Waals surface area contributed by atoms with E-state index in [1.165, 1.54) is 6.92 Å². The summed E-state index contributed by atoms with van der Waals surface area (Å²) in [6.45, 7) is 0.395. The fourth-order valence-electron chi connectivity index (χ4n) is 3.38. The minimum atomic E-state index is -1.57. The largest absolute Gasteiger partial charge is 0.394 e. The van der Waals surface area contributed by atoms with Crippen LogP contribution in [-0.4, -0.2) is 124 Å². The monoisotopic (exact) mass is 440 g/mol. The molecule has 0 saturated carbocycles. The van der Waals surface area contributed by atoms with E-state index in [4.69, 9.17) is 24.7 Å². The van der Waals surface area contributed by atoms with Gasteiger partial charge in [-0.15, -0.1) is 0 Å². The topological polar surface area (TPSA) is 213 Å². The molecule has 6 unspecified atom stereocenters. The predicted molar refractivity (Wildman–Crippen MR) is 97.6 cm³/mol. The molecule has 2 saturated heterocycles. The number of hydrogen-bond acceptors (Lipinski definition) is 12. The summed E-state index contributed by atoms with van der Waals surface area (Å²) < 4.78 is 21.9. The molecule has 10 atom stereocenters. The second-order valence-electron chi connectivity index (χ2n) is 7.25. The summed E-state index contributed by atoms with van der Waals surface area (Å²) in [4.78, 5) is 11.5. The number of carbonyl (C=O) groups is 1. The molecule has 0 radical (unpaired) electrons. The van der Waals surface area contributed by atoms with Gasteiger partial charge in [0.15, 0.2) is 12.6 Å². The zero-order chi connectivity index (χ0) is 22.4. The molecule has 2 rings (SSSR count). The van der Waals surface area contributed by atoms with Crippen LogP contribution in [0.25, 0.3) is 0 Å². The highest BCUT2D eigenvalue weighted by Gasteiger charge is 2.51. The minimum absolute atomic E-state index is 0.144. The van der Waals surface area contributed by atoms with Crippen LogP contribution in [0.2, 0.25) is 0 Å². The van der Waals surface area contributed by atoms with Gasteiger partial charge < -0.3 is 60.6 Å². The lowest BCUT2D eigenvalue weighted by atomic mass is 9.95. The quantitative estimate of drug-likeness (QED) is 0.158. The van der Waals surface area contributed by atoms with Crippen LogP contribution >= 0.6 is 0 Å². The number of nitrogens with one attached hydrogen (secondary N) is 1. The number of aliphatic hydroxyl groups is 6. The van der Waals surface area contributed by atoms with Crippen molar-refractivity contribution in [3.8, 4) is 0 Å². The summed E-state index contributed by atoms with van der Waals surface area (Å²) in [5.74, 6) is -0.560. The fraction of sp³-hybridized carbons (Fsp3) is 0.941. The highest BCUT2D eigenvalue weighted by Crippen LogP contribution is 2.29. The van der Waals surface area contributed by atoms with Crippen LogP contribution in [0.1, 0.15) is 13.3 Å². The molecule has 1 amide bonds. The number of carbonyl (C=O) groups excluding carboxylic acids is 1. The molecular formula is C17H32N2O11. The number of aliphatic hydroxyl groups excluding tert-OH is 6. The second-order valence-corrected chi connectivity index (χ2v) is 7.25. The Labute approximate surface area is 173 Å². The van der Waals surface area contributed by atoms with Gasteiger partial charge in [0, 0.05) is 6.92 Å². The molecule has 2 aliphatic rings. The Bertz CT molecular complexity index is 542. The van der Waals surface area contributed by atoms with Crippen LogP contribution in [0.4, 0.5) is 0 Å². The Balaban J connectivity index is 2.21. The van der Waals surface area contributed by atoms with Crippen molar-refractivity contribution in [3.05, 3.63) is 0 Å². The molecule has 0 aromatic heterocycles.